The van der Waals surface area contributed by atoms with E-state index in [4.69, 9.17) is 16.3 Å². The molecule has 148 valence electrons. The van der Waals surface area contributed by atoms with E-state index in [-0.39, 0.29) is 5.02 Å². The molecule has 0 spiro atoms. The molecule has 9 heteroatoms. The topological polar surface area (TPSA) is 94.4 Å². The number of aromatic amines is 1. The average Bonchev–Trinajstić information content (AvgIpc) is 3.33. The molecule has 2 heterocycles. The quantitative estimate of drug-likeness (QED) is 0.373. The van der Waals surface area contributed by atoms with Crippen LogP contribution >= 0.6 is 11.6 Å². The summed E-state index contributed by atoms with van der Waals surface area (Å²) in [5, 5.41) is 8.63. The molecule has 28 heavy (non-hydrogen) atoms. The van der Waals surface area contributed by atoms with Gasteiger partial charge in [0.25, 0.3) is 0 Å². The molecule has 4 rings (SSSR count). The van der Waals surface area contributed by atoms with E-state index in [2.05, 4.69) is 25.9 Å². The number of rotatable bonds is 6. The maximum Gasteiger partial charge on any atom is 0.207 e. The van der Waals surface area contributed by atoms with Crippen LogP contribution in [0.2, 0.25) is 5.02 Å². The summed E-state index contributed by atoms with van der Waals surface area (Å²) in [6.07, 6.45) is 0.649. The van der Waals surface area contributed by atoms with Gasteiger partial charge in [0.15, 0.2) is 5.72 Å². The third kappa shape index (κ3) is 4.24. The Kier molecular flexibility index (Phi) is 6.13. The van der Waals surface area contributed by atoms with Crippen LogP contribution in [-0.2, 0) is 21.8 Å². The second-order valence-electron chi connectivity index (χ2n) is 6.27. The molecular formula is C19H21ClFN5O2. The van der Waals surface area contributed by atoms with E-state index >= 15 is 0 Å². The highest BCUT2D eigenvalue weighted by Crippen LogP contribution is 2.40. The number of halogens is 2. The number of anilines is 1. The van der Waals surface area contributed by atoms with E-state index < -0.39 is 11.5 Å². The van der Waals surface area contributed by atoms with Gasteiger partial charge in [0.05, 0.1) is 16.1 Å². The monoisotopic (exact) mass is 405 g/mol. The smallest absolute Gasteiger partial charge is 0.207 e. The summed E-state index contributed by atoms with van der Waals surface area (Å²) in [6, 6.07) is 10.2. The number of nitrogens with one attached hydrogen (secondary N) is 4. The first-order valence-electron chi connectivity index (χ1n) is 8.64. The minimum atomic E-state index is -0.771. The van der Waals surface area contributed by atoms with Crippen LogP contribution in [0, 0.1) is 5.82 Å². The number of benzene rings is 2. The fourth-order valence-electron chi connectivity index (χ4n) is 2.77. The molecule has 4 N–H and O–H groups in total. The van der Waals surface area contributed by atoms with Crippen LogP contribution < -0.4 is 16.0 Å². The van der Waals surface area contributed by atoms with Crippen molar-refractivity contribution in [2.75, 3.05) is 26.0 Å². The first kappa shape index (κ1) is 20.1. The predicted octanol–water partition coefficient (Wildman–Crippen LogP) is 2.73. The van der Waals surface area contributed by atoms with Gasteiger partial charge in [-0.1, -0.05) is 29.8 Å². The SMILES string of the molecule is CNC.O=CNCc1cccc2[nH]c(NC3(c4ccc(F)c(Cl)c4)CO3)nc12. The molecule has 1 aromatic heterocycles. The minimum absolute atomic E-state index is 0.0426. The number of carbonyl (C=O) groups is 1. The van der Waals surface area contributed by atoms with E-state index in [1.54, 1.807) is 12.1 Å². The molecule has 0 radical (unpaired) electrons. The van der Waals surface area contributed by atoms with Gasteiger partial charge < -0.3 is 25.7 Å². The van der Waals surface area contributed by atoms with Crippen molar-refractivity contribution in [1.82, 2.24) is 20.6 Å². The standard InChI is InChI=1S/C17H14ClFN4O2.C2H7N/c18-12-6-11(4-5-13(12)19)17(8-25-17)23-16-21-14-3-1-2-10(7-20-9-24)15(14)22-16;1-3-2/h1-6,9H,7-8H2,(H,20,24)(H2,21,22,23);3H,1-2H3. The van der Waals surface area contributed by atoms with Crippen molar-refractivity contribution < 1.29 is 13.9 Å². The summed E-state index contributed by atoms with van der Waals surface area (Å²) >= 11 is 5.87. The number of amides is 1. The molecule has 1 unspecified atom stereocenters. The number of H-pyrrole nitrogens is 1. The highest BCUT2D eigenvalue weighted by molar-refractivity contribution is 6.30. The van der Waals surface area contributed by atoms with E-state index in [9.17, 15) is 9.18 Å². The number of ether oxygens (including phenoxy) is 1. The van der Waals surface area contributed by atoms with E-state index in [1.165, 1.54) is 6.07 Å². The highest BCUT2D eigenvalue weighted by Gasteiger charge is 2.47. The Morgan fingerprint density at radius 2 is 2.11 bits per heavy atom. The van der Waals surface area contributed by atoms with Gasteiger partial charge in [-0.3, -0.25) is 4.79 Å². The van der Waals surface area contributed by atoms with Crippen LogP contribution in [0.1, 0.15) is 11.1 Å². The number of fused-ring (bicyclic) bond motifs is 1. The Morgan fingerprint density at radius 1 is 1.36 bits per heavy atom. The number of hydrogen-bond donors (Lipinski definition) is 4. The number of aromatic nitrogens is 2. The molecule has 0 saturated carbocycles. The van der Waals surface area contributed by atoms with Crippen LogP contribution in [0.5, 0.6) is 0 Å². The van der Waals surface area contributed by atoms with Gasteiger partial charge in [0.2, 0.25) is 12.4 Å². The number of carbonyl (C=O) groups excluding carboxylic acids is 1. The van der Waals surface area contributed by atoms with Crippen molar-refractivity contribution in [3.8, 4) is 0 Å². The average molecular weight is 406 g/mol. The lowest BCUT2D eigenvalue weighted by atomic mass is 10.1. The molecule has 1 amide bonds. The second-order valence-corrected chi connectivity index (χ2v) is 6.67. The number of nitrogens with zero attached hydrogens (tertiary/aromatic N) is 1. The Hall–Kier alpha value is -2.68. The summed E-state index contributed by atoms with van der Waals surface area (Å²) in [7, 11) is 3.75. The molecule has 1 saturated heterocycles. The molecule has 3 aromatic rings. The molecule has 1 aliphatic rings. The first-order chi connectivity index (χ1) is 13.5. The lowest BCUT2D eigenvalue weighted by Crippen LogP contribution is -2.21. The van der Waals surface area contributed by atoms with Gasteiger partial charge in [-0.25, -0.2) is 9.37 Å². The van der Waals surface area contributed by atoms with Crippen molar-refractivity contribution in [3.63, 3.8) is 0 Å². The van der Waals surface area contributed by atoms with Crippen molar-refractivity contribution in [2.24, 2.45) is 0 Å². The maximum absolute atomic E-state index is 13.4. The van der Waals surface area contributed by atoms with Crippen LogP contribution in [-0.4, -0.2) is 37.1 Å². The third-order valence-electron chi connectivity index (χ3n) is 4.11. The minimum Gasteiger partial charge on any atom is -0.355 e. The molecule has 0 aliphatic carbocycles. The Morgan fingerprint density at radius 3 is 2.75 bits per heavy atom. The molecule has 0 bridgehead atoms. The third-order valence-corrected chi connectivity index (χ3v) is 4.40. The zero-order chi connectivity index (χ0) is 20.1. The maximum atomic E-state index is 13.4. The van der Waals surface area contributed by atoms with Crippen molar-refractivity contribution in [1.29, 1.82) is 0 Å². The van der Waals surface area contributed by atoms with Gasteiger partial charge in [-0.15, -0.1) is 0 Å². The summed E-state index contributed by atoms with van der Waals surface area (Å²) in [4.78, 5) is 18.2. The molecule has 7 nitrogen and oxygen atoms in total. The summed E-state index contributed by atoms with van der Waals surface area (Å²) in [5.74, 6) is 0.0452. The van der Waals surface area contributed by atoms with Crippen molar-refractivity contribution in [3.05, 3.63) is 58.4 Å². The zero-order valence-corrected chi connectivity index (χ0v) is 16.2. The Bertz CT molecular complexity index is 974. The van der Waals surface area contributed by atoms with Gasteiger partial charge in [-0.2, -0.15) is 0 Å². The summed E-state index contributed by atoms with van der Waals surface area (Å²) in [6.45, 7) is 0.811. The number of imidazole rings is 1. The van der Waals surface area contributed by atoms with Crippen LogP contribution in [0.15, 0.2) is 36.4 Å². The van der Waals surface area contributed by atoms with E-state index in [0.29, 0.717) is 25.5 Å². The summed E-state index contributed by atoms with van der Waals surface area (Å²) in [5.41, 5.74) is 2.44. The zero-order valence-electron chi connectivity index (χ0n) is 15.5. The lowest BCUT2D eigenvalue weighted by Gasteiger charge is -2.14. The van der Waals surface area contributed by atoms with Gasteiger partial charge >= 0.3 is 0 Å². The molecular weight excluding hydrogens is 385 g/mol. The molecule has 1 aliphatic heterocycles. The van der Waals surface area contributed by atoms with E-state index in [1.807, 2.05) is 32.3 Å². The van der Waals surface area contributed by atoms with Crippen LogP contribution in [0.4, 0.5) is 10.3 Å². The van der Waals surface area contributed by atoms with Crippen molar-refractivity contribution >= 4 is 35.0 Å². The van der Waals surface area contributed by atoms with E-state index in [0.717, 1.165) is 22.2 Å². The lowest BCUT2D eigenvalue weighted by molar-refractivity contribution is -0.109. The predicted molar refractivity (Wildman–Crippen MR) is 107 cm³/mol. The van der Waals surface area contributed by atoms with Gasteiger partial charge in [0, 0.05) is 12.1 Å². The van der Waals surface area contributed by atoms with Crippen LogP contribution in [0.25, 0.3) is 11.0 Å². The number of para-hydroxylation sites is 1. The van der Waals surface area contributed by atoms with Gasteiger partial charge in [0.1, 0.15) is 12.4 Å². The first-order valence-corrected chi connectivity index (χ1v) is 9.01. The fraction of sp³-hybridized carbons (Fsp3) is 0.263. The molecule has 2 aromatic carbocycles. The number of hydrogen-bond acceptors (Lipinski definition) is 5. The Labute approximate surface area is 166 Å². The molecule has 1 fully saturated rings. The Balaban J connectivity index is 0.000000706. The van der Waals surface area contributed by atoms with Crippen LogP contribution in [0.3, 0.4) is 0 Å². The fourth-order valence-corrected chi connectivity index (χ4v) is 2.95. The summed E-state index contributed by atoms with van der Waals surface area (Å²) < 4.78 is 18.9. The largest absolute Gasteiger partial charge is 0.355 e. The van der Waals surface area contributed by atoms with Gasteiger partial charge in [-0.05, 0) is 37.9 Å². The highest BCUT2D eigenvalue weighted by atomic mass is 35.5. The van der Waals surface area contributed by atoms with Crippen molar-refractivity contribution in [2.45, 2.75) is 12.3 Å². The normalized spacial score (nSPS) is 17.6. The molecule has 1 atom stereocenters. The second kappa shape index (κ2) is 8.55. The number of epoxide rings is 1.